The molecule has 10 nitrogen and oxygen atoms in total. The van der Waals surface area contributed by atoms with E-state index in [1.165, 1.54) is 9.21 Å². The largest absolute Gasteiger partial charge is 0.358 e. The van der Waals surface area contributed by atoms with E-state index < -0.39 is 16.1 Å². The summed E-state index contributed by atoms with van der Waals surface area (Å²) < 4.78 is 28.7. The zero-order valence-corrected chi connectivity index (χ0v) is 24.5. The average molecular weight is 595 g/mol. The Kier molecular flexibility index (Phi) is 8.09. The van der Waals surface area contributed by atoms with Gasteiger partial charge in [-0.2, -0.15) is 4.31 Å². The number of aromatic amines is 1. The van der Waals surface area contributed by atoms with Crippen molar-refractivity contribution in [2.24, 2.45) is 4.99 Å². The number of hydrogen-bond acceptors (Lipinski definition) is 6. The number of terminal acetylenes is 1. The van der Waals surface area contributed by atoms with Gasteiger partial charge in [0.2, 0.25) is 5.91 Å². The maximum atomic E-state index is 13.7. The number of aromatic nitrogens is 1. The summed E-state index contributed by atoms with van der Waals surface area (Å²) in [5.41, 5.74) is 2.01. The lowest BCUT2D eigenvalue weighted by Crippen LogP contribution is -2.57. The van der Waals surface area contributed by atoms with Crippen molar-refractivity contribution >= 4 is 50.2 Å². The van der Waals surface area contributed by atoms with E-state index in [0.717, 1.165) is 24.5 Å². The highest BCUT2D eigenvalue weighted by Gasteiger charge is 2.38. The Morgan fingerprint density at radius 3 is 2.59 bits per heavy atom. The number of benzene rings is 2. The minimum Gasteiger partial charge on any atom is -0.358 e. The molecule has 1 aromatic heterocycles. The fraction of sp³-hybridized carbons (Fsp3) is 0.345. The van der Waals surface area contributed by atoms with Crippen LogP contribution >= 0.6 is 11.6 Å². The number of likely N-dealkylation sites (N-methyl/N-ethyl adjacent to an activating group) is 1. The number of carbonyl (C=O) groups excluding carboxylic acids is 2. The molecule has 1 N–H and O–H groups in total. The lowest BCUT2D eigenvalue weighted by molar-refractivity contribution is -0.130. The van der Waals surface area contributed by atoms with Gasteiger partial charge in [-0.25, -0.2) is 8.42 Å². The molecule has 0 bridgehead atoms. The molecule has 5 rings (SSSR count). The Morgan fingerprint density at radius 2 is 1.90 bits per heavy atom. The quantitative estimate of drug-likeness (QED) is 0.423. The molecule has 3 aromatic rings. The van der Waals surface area contributed by atoms with E-state index in [1.807, 2.05) is 19.2 Å². The lowest BCUT2D eigenvalue weighted by atomic mass is 10.0. The van der Waals surface area contributed by atoms with Crippen LogP contribution in [0.5, 0.6) is 0 Å². The molecule has 3 heterocycles. The van der Waals surface area contributed by atoms with Crippen LogP contribution < -0.4 is 0 Å². The maximum absolute atomic E-state index is 13.7. The van der Waals surface area contributed by atoms with Crippen molar-refractivity contribution < 1.29 is 18.0 Å². The van der Waals surface area contributed by atoms with Crippen molar-refractivity contribution in [1.29, 1.82) is 0 Å². The second kappa shape index (κ2) is 11.6. The van der Waals surface area contributed by atoms with Crippen molar-refractivity contribution in [2.75, 3.05) is 53.4 Å². The first-order valence-electron chi connectivity index (χ1n) is 13.2. The van der Waals surface area contributed by atoms with Crippen molar-refractivity contribution in [3.63, 3.8) is 0 Å². The summed E-state index contributed by atoms with van der Waals surface area (Å²) in [6.45, 7) is 1.85. The molecule has 2 aliphatic heterocycles. The Labute approximate surface area is 244 Å². The van der Waals surface area contributed by atoms with Gasteiger partial charge in [0.05, 0.1) is 19.1 Å². The van der Waals surface area contributed by atoms with Crippen LogP contribution in [0.25, 0.3) is 10.9 Å². The molecule has 2 aliphatic rings. The molecule has 12 heteroatoms. The molecule has 0 aliphatic carbocycles. The average Bonchev–Trinajstić information content (AvgIpc) is 3.59. The van der Waals surface area contributed by atoms with Gasteiger partial charge in [-0.3, -0.25) is 14.6 Å². The van der Waals surface area contributed by atoms with E-state index in [1.54, 1.807) is 48.3 Å². The molecule has 0 saturated carbocycles. The number of amidine groups is 1. The smallest absolute Gasteiger partial charge is 0.258 e. The molecule has 0 radical (unpaired) electrons. The zero-order chi connectivity index (χ0) is 29.3. The minimum absolute atomic E-state index is 0.0273. The molecular weight excluding hydrogens is 564 g/mol. The summed E-state index contributed by atoms with van der Waals surface area (Å²) in [5.74, 6) is 2.77. The first-order chi connectivity index (χ1) is 19.6. The third kappa shape index (κ3) is 5.81. The van der Waals surface area contributed by atoms with Crippen molar-refractivity contribution in [3.8, 4) is 12.3 Å². The summed E-state index contributed by atoms with van der Waals surface area (Å²) in [4.78, 5) is 39.2. The third-order valence-electron chi connectivity index (χ3n) is 7.50. The predicted octanol–water partition coefficient (Wildman–Crippen LogP) is 2.51. The van der Waals surface area contributed by atoms with Gasteiger partial charge < -0.3 is 19.7 Å². The van der Waals surface area contributed by atoms with Gasteiger partial charge in [-0.05, 0) is 36.4 Å². The summed E-state index contributed by atoms with van der Waals surface area (Å²) in [5, 5.41) is 1.20. The molecule has 1 atom stereocenters. The second-order valence-electron chi connectivity index (χ2n) is 10.2. The maximum Gasteiger partial charge on any atom is 0.258 e. The van der Waals surface area contributed by atoms with Crippen molar-refractivity contribution in [1.82, 2.24) is 24.0 Å². The number of nitrogens with zero attached hydrogens (tertiary/aromatic N) is 5. The molecule has 2 amide bonds. The highest BCUT2D eigenvalue weighted by Crippen LogP contribution is 2.27. The molecule has 0 spiro atoms. The van der Waals surface area contributed by atoms with Gasteiger partial charge in [0, 0.05) is 73.7 Å². The Balaban J connectivity index is 1.40. The van der Waals surface area contributed by atoms with Crippen LogP contribution in [0.1, 0.15) is 22.3 Å². The first kappa shape index (κ1) is 28.7. The summed E-state index contributed by atoms with van der Waals surface area (Å²) in [6, 6.07) is 13.2. The van der Waals surface area contributed by atoms with Crippen LogP contribution in [0.3, 0.4) is 0 Å². The number of nitrogens with one attached hydrogen (secondary N) is 1. The molecule has 41 heavy (non-hydrogen) atoms. The highest BCUT2D eigenvalue weighted by atomic mass is 35.5. The van der Waals surface area contributed by atoms with Crippen LogP contribution in [-0.4, -0.2) is 109 Å². The number of fused-ring (bicyclic) bond motifs is 1. The monoisotopic (exact) mass is 594 g/mol. The Hall–Kier alpha value is -3.85. The molecule has 2 aromatic carbocycles. The van der Waals surface area contributed by atoms with Crippen molar-refractivity contribution in [2.45, 2.75) is 17.5 Å². The number of hydrogen-bond donors (Lipinski definition) is 1. The number of amides is 2. The van der Waals surface area contributed by atoms with Crippen LogP contribution in [-0.2, 0) is 14.8 Å². The highest BCUT2D eigenvalue weighted by molar-refractivity contribution is 7.89. The third-order valence-corrected chi connectivity index (χ3v) is 9.52. The zero-order valence-electron chi connectivity index (χ0n) is 22.9. The SMILES string of the molecule is C#CCN(C)C(=O)CC1CN(S(=O)(=O)c2cc3cc(Cl)ccc3[nH]2)CCN1C(=O)c1ccc(C2=NCCN2C)cc1. The van der Waals surface area contributed by atoms with Crippen LogP contribution in [0.2, 0.25) is 5.02 Å². The second-order valence-corrected chi connectivity index (χ2v) is 12.6. The van der Waals surface area contributed by atoms with Gasteiger partial charge in [0.1, 0.15) is 10.9 Å². The van der Waals surface area contributed by atoms with E-state index in [0.29, 0.717) is 21.5 Å². The fourth-order valence-corrected chi connectivity index (χ4v) is 6.86. The molecule has 1 saturated heterocycles. The normalized spacial score (nSPS) is 17.9. The van der Waals surface area contributed by atoms with E-state index >= 15 is 0 Å². The first-order valence-corrected chi connectivity index (χ1v) is 15.0. The molecular formula is C29H31ClN6O4S. The van der Waals surface area contributed by atoms with E-state index in [2.05, 4.69) is 20.8 Å². The number of H-pyrrole nitrogens is 1. The molecule has 1 fully saturated rings. The topological polar surface area (TPSA) is 109 Å². The van der Waals surface area contributed by atoms with Crippen molar-refractivity contribution in [3.05, 3.63) is 64.7 Å². The van der Waals surface area contributed by atoms with Gasteiger partial charge in [-0.1, -0.05) is 29.7 Å². The predicted molar refractivity (Wildman–Crippen MR) is 158 cm³/mol. The van der Waals surface area contributed by atoms with Crippen LogP contribution in [0.4, 0.5) is 0 Å². The number of sulfonamides is 1. The number of halogens is 1. The van der Waals surface area contributed by atoms with Gasteiger partial charge in [-0.15, -0.1) is 6.42 Å². The number of rotatable bonds is 7. The fourth-order valence-electron chi connectivity index (χ4n) is 5.20. The number of piperazine rings is 1. The van der Waals surface area contributed by atoms with E-state index in [4.69, 9.17) is 18.0 Å². The standard InChI is InChI=1S/C29H31ClN6O4S/c1-4-12-33(2)27(37)18-24-19-35(41(39,40)26-17-22-16-23(30)9-10-25(22)32-26)14-15-36(24)29(38)21-7-5-20(6-8-21)28-31-11-13-34(28)3/h1,5-10,16-17,24,32H,11-15,18-19H2,2-3H3. The summed E-state index contributed by atoms with van der Waals surface area (Å²) in [6.07, 6.45) is 5.31. The molecule has 1 unspecified atom stereocenters. The summed E-state index contributed by atoms with van der Waals surface area (Å²) in [7, 11) is -0.388. The van der Waals surface area contributed by atoms with E-state index in [-0.39, 0.29) is 49.4 Å². The van der Waals surface area contributed by atoms with Gasteiger partial charge in [0.15, 0.2) is 0 Å². The Bertz CT molecular complexity index is 1660. The summed E-state index contributed by atoms with van der Waals surface area (Å²) >= 11 is 6.08. The molecule has 214 valence electrons. The minimum atomic E-state index is -3.95. The van der Waals surface area contributed by atoms with Crippen LogP contribution in [0, 0.1) is 12.3 Å². The van der Waals surface area contributed by atoms with Crippen LogP contribution in [0.15, 0.2) is 58.5 Å². The van der Waals surface area contributed by atoms with Gasteiger partial charge in [0.25, 0.3) is 15.9 Å². The Morgan fingerprint density at radius 1 is 1.15 bits per heavy atom. The number of aliphatic imine (C=N–C) groups is 1. The number of carbonyl (C=O) groups is 2. The van der Waals surface area contributed by atoms with E-state index in [9.17, 15) is 18.0 Å². The van der Waals surface area contributed by atoms with Gasteiger partial charge >= 0.3 is 0 Å². The lowest BCUT2D eigenvalue weighted by Gasteiger charge is -2.40.